The monoisotopic (exact) mass is 438 g/mol. The largest absolute Gasteiger partial charge is 0.389 e. The summed E-state index contributed by atoms with van der Waals surface area (Å²) < 4.78 is 30.9. The molecule has 0 saturated heterocycles. The molecule has 0 saturated carbocycles. The molecule has 0 aliphatic carbocycles. The van der Waals surface area contributed by atoms with Crippen molar-refractivity contribution in [1.29, 1.82) is 0 Å². The van der Waals surface area contributed by atoms with Crippen LogP contribution >= 0.6 is 15.9 Å². The van der Waals surface area contributed by atoms with Crippen LogP contribution in [0.4, 0.5) is 8.78 Å². The summed E-state index contributed by atoms with van der Waals surface area (Å²) in [4.78, 5) is 25.7. The third-order valence-electron chi connectivity index (χ3n) is 4.08. The molecule has 0 bridgehead atoms. The zero-order valence-electron chi connectivity index (χ0n) is 14.7. The number of fused-ring (bicyclic) bond motifs is 1. The van der Waals surface area contributed by atoms with Gasteiger partial charge in [-0.25, -0.2) is 13.6 Å². The van der Waals surface area contributed by atoms with Crippen molar-refractivity contribution in [2.75, 3.05) is 0 Å². The quantitative estimate of drug-likeness (QED) is 0.680. The van der Waals surface area contributed by atoms with Gasteiger partial charge in [0.2, 0.25) is 0 Å². The van der Waals surface area contributed by atoms with Crippen LogP contribution < -0.4 is 11.2 Å². The maximum Gasteiger partial charge on any atom is 0.331 e. The molecule has 0 aliphatic rings. The Hall–Kier alpha value is -2.32. The van der Waals surface area contributed by atoms with E-state index in [0.29, 0.717) is 5.56 Å². The summed E-state index contributed by atoms with van der Waals surface area (Å²) in [5, 5.41) is 10.00. The van der Waals surface area contributed by atoms with E-state index in [0.717, 1.165) is 25.7 Å². The van der Waals surface area contributed by atoms with Crippen molar-refractivity contribution in [3.8, 4) is 0 Å². The normalized spacial score (nSPS) is 11.9. The van der Waals surface area contributed by atoms with Crippen LogP contribution in [0.2, 0.25) is 0 Å². The van der Waals surface area contributed by atoms with Crippen molar-refractivity contribution in [1.82, 2.24) is 9.13 Å². The van der Waals surface area contributed by atoms with Gasteiger partial charge in [0.05, 0.1) is 29.6 Å². The summed E-state index contributed by atoms with van der Waals surface area (Å²) in [7, 11) is 0. The van der Waals surface area contributed by atoms with Gasteiger partial charge in [0.1, 0.15) is 0 Å². The highest BCUT2D eigenvalue weighted by molar-refractivity contribution is 9.10. The van der Waals surface area contributed by atoms with Crippen molar-refractivity contribution in [3.63, 3.8) is 0 Å². The topological polar surface area (TPSA) is 64.2 Å². The van der Waals surface area contributed by atoms with Crippen molar-refractivity contribution >= 4 is 26.8 Å². The average molecular weight is 439 g/mol. The second-order valence-electron chi connectivity index (χ2n) is 6.96. The second-order valence-corrected chi connectivity index (χ2v) is 7.87. The van der Waals surface area contributed by atoms with E-state index < -0.39 is 34.0 Å². The van der Waals surface area contributed by atoms with Gasteiger partial charge in [-0.05, 0) is 43.7 Å². The van der Waals surface area contributed by atoms with Crippen molar-refractivity contribution in [2.24, 2.45) is 0 Å². The minimum atomic E-state index is -1.38. The fourth-order valence-corrected chi connectivity index (χ4v) is 3.16. The van der Waals surface area contributed by atoms with Gasteiger partial charge in [-0.2, -0.15) is 0 Å². The Morgan fingerprint density at radius 3 is 2.26 bits per heavy atom. The minimum absolute atomic E-state index is 0.0360. The molecular weight excluding hydrogens is 422 g/mol. The summed E-state index contributed by atoms with van der Waals surface area (Å²) in [5.41, 5.74) is -2.67. The molecule has 0 fully saturated rings. The van der Waals surface area contributed by atoms with E-state index in [1.807, 2.05) is 0 Å². The molecule has 2 aromatic carbocycles. The first-order valence-electron chi connectivity index (χ1n) is 8.16. The highest BCUT2D eigenvalue weighted by atomic mass is 79.9. The third kappa shape index (κ3) is 3.86. The smallest absolute Gasteiger partial charge is 0.331 e. The molecule has 0 amide bonds. The number of aliphatic hydroxyl groups is 1. The highest BCUT2D eigenvalue weighted by Gasteiger charge is 2.23. The van der Waals surface area contributed by atoms with E-state index in [9.17, 15) is 23.5 Å². The number of nitrogens with zero attached hydrogens (tertiary/aromatic N) is 2. The summed E-state index contributed by atoms with van der Waals surface area (Å²) in [6.45, 7) is 2.54. The van der Waals surface area contributed by atoms with Gasteiger partial charge in [-0.3, -0.25) is 13.9 Å². The molecule has 8 heteroatoms. The molecule has 27 heavy (non-hydrogen) atoms. The molecule has 0 unspecified atom stereocenters. The molecule has 0 aliphatic heterocycles. The molecular formula is C19H17BrF2N2O3. The van der Waals surface area contributed by atoms with E-state index in [-0.39, 0.29) is 18.5 Å². The Bertz CT molecular complexity index is 1130. The predicted molar refractivity (Wildman–Crippen MR) is 102 cm³/mol. The summed E-state index contributed by atoms with van der Waals surface area (Å²) in [6, 6.07) is 9.02. The van der Waals surface area contributed by atoms with E-state index in [2.05, 4.69) is 15.9 Å². The number of hydrogen-bond acceptors (Lipinski definition) is 3. The zero-order chi connectivity index (χ0) is 19.9. The fraction of sp³-hybridized carbons (Fsp3) is 0.263. The Kier molecular flexibility index (Phi) is 5.05. The van der Waals surface area contributed by atoms with E-state index in [1.165, 1.54) is 13.8 Å². The number of halogens is 3. The van der Waals surface area contributed by atoms with Crippen LogP contribution in [0.1, 0.15) is 19.4 Å². The number of hydrogen-bond donors (Lipinski definition) is 1. The third-order valence-corrected chi connectivity index (χ3v) is 4.60. The van der Waals surface area contributed by atoms with Crippen LogP contribution in [0.3, 0.4) is 0 Å². The van der Waals surface area contributed by atoms with Crippen LogP contribution in [-0.2, 0) is 13.1 Å². The van der Waals surface area contributed by atoms with Crippen molar-refractivity contribution in [3.05, 3.63) is 78.9 Å². The maximum absolute atomic E-state index is 14.4. The minimum Gasteiger partial charge on any atom is -0.389 e. The number of benzene rings is 2. The van der Waals surface area contributed by atoms with Gasteiger partial charge in [-0.1, -0.05) is 28.1 Å². The van der Waals surface area contributed by atoms with Gasteiger partial charge >= 0.3 is 5.69 Å². The van der Waals surface area contributed by atoms with E-state index in [1.54, 1.807) is 24.3 Å². The summed E-state index contributed by atoms with van der Waals surface area (Å²) in [5.74, 6) is -2.46. The van der Waals surface area contributed by atoms with E-state index >= 15 is 0 Å². The molecule has 0 atom stereocenters. The standard InChI is InChI=1S/C19H17BrF2N2O3/c1-19(2,27)10-24-16-13(7-8-14(21)15(16)22)17(25)23(18(24)26)9-11-3-5-12(20)6-4-11/h3-8,27H,9-10H2,1-2H3. The molecule has 1 aromatic heterocycles. The molecule has 5 nitrogen and oxygen atoms in total. The highest BCUT2D eigenvalue weighted by Crippen LogP contribution is 2.19. The lowest BCUT2D eigenvalue weighted by Gasteiger charge is -2.21. The zero-order valence-corrected chi connectivity index (χ0v) is 16.3. The molecule has 3 rings (SSSR count). The van der Waals surface area contributed by atoms with Crippen LogP contribution in [0.5, 0.6) is 0 Å². The Labute approximate surface area is 161 Å². The van der Waals surface area contributed by atoms with Crippen molar-refractivity contribution < 1.29 is 13.9 Å². The van der Waals surface area contributed by atoms with Gasteiger partial charge < -0.3 is 5.11 Å². The van der Waals surface area contributed by atoms with Crippen LogP contribution in [0.15, 0.2) is 50.5 Å². The first-order valence-corrected chi connectivity index (χ1v) is 8.96. The number of rotatable bonds is 4. The maximum atomic E-state index is 14.4. The lowest BCUT2D eigenvalue weighted by atomic mass is 10.1. The van der Waals surface area contributed by atoms with Crippen LogP contribution in [-0.4, -0.2) is 19.8 Å². The SMILES string of the molecule is CC(C)(O)Cn1c(=O)n(Cc2ccc(Br)cc2)c(=O)c2ccc(F)c(F)c21. The first-order chi connectivity index (χ1) is 12.6. The molecule has 142 valence electrons. The molecule has 0 spiro atoms. The molecule has 0 radical (unpaired) electrons. The van der Waals surface area contributed by atoms with Gasteiger partial charge in [0, 0.05) is 4.47 Å². The molecule has 1 heterocycles. The van der Waals surface area contributed by atoms with E-state index in [4.69, 9.17) is 0 Å². The molecule has 1 N–H and O–H groups in total. The Morgan fingerprint density at radius 2 is 1.67 bits per heavy atom. The Morgan fingerprint density at radius 1 is 1.04 bits per heavy atom. The first kappa shape index (κ1) is 19.4. The van der Waals surface area contributed by atoms with Gasteiger partial charge in [0.15, 0.2) is 11.6 Å². The lowest BCUT2D eigenvalue weighted by Crippen LogP contribution is -2.43. The average Bonchev–Trinajstić information content (AvgIpc) is 2.59. The van der Waals surface area contributed by atoms with Crippen LogP contribution in [0.25, 0.3) is 10.9 Å². The lowest BCUT2D eigenvalue weighted by molar-refractivity contribution is 0.0608. The summed E-state index contributed by atoms with van der Waals surface area (Å²) >= 11 is 3.31. The molecule has 3 aromatic rings. The van der Waals surface area contributed by atoms with Gasteiger partial charge in [0.25, 0.3) is 5.56 Å². The second kappa shape index (κ2) is 7.01. The fourth-order valence-electron chi connectivity index (χ4n) is 2.90. The van der Waals surface area contributed by atoms with Crippen LogP contribution in [0, 0.1) is 11.6 Å². The van der Waals surface area contributed by atoms with Gasteiger partial charge in [-0.15, -0.1) is 0 Å². The number of aromatic nitrogens is 2. The summed E-state index contributed by atoms with van der Waals surface area (Å²) in [6.07, 6.45) is 0. The predicted octanol–water partition coefficient (Wildman–Crippen LogP) is 3.02. The van der Waals surface area contributed by atoms with Crippen molar-refractivity contribution in [2.45, 2.75) is 32.5 Å². The Balaban J connectivity index is 2.32.